The summed E-state index contributed by atoms with van der Waals surface area (Å²) in [6, 6.07) is 0. The molecule has 2 unspecified atom stereocenters. The van der Waals surface area contributed by atoms with Crippen LogP contribution in [-0.2, 0) is 65.4 Å². The maximum absolute atomic E-state index is 13.2. The summed E-state index contributed by atoms with van der Waals surface area (Å²) in [6.07, 6.45) is 77.9. The maximum atomic E-state index is 13.2. The molecular weight excluding hydrogens is 1410 g/mol. The summed E-state index contributed by atoms with van der Waals surface area (Å²) in [5.74, 6) is -1.28. The lowest BCUT2D eigenvalue weighted by Crippen LogP contribution is -2.30. The molecule has 0 saturated heterocycles. The van der Waals surface area contributed by atoms with Gasteiger partial charge < -0.3 is 33.8 Å². The molecule has 0 aromatic carbocycles. The number of carbonyl (C=O) groups is 4. The molecule has 0 aromatic heterocycles. The number of aliphatic hydroxyl groups is 1. The highest BCUT2D eigenvalue weighted by molar-refractivity contribution is 7.47. The van der Waals surface area contributed by atoms with Crippen molar-refractivity contribution in [1.29, 1.82) is 0 Å². The van der Waals surface area contributed by atoms with Crippen molar-refractivity contribution in [2.45, 2.75) is 509 Å². The van der Waals surface area contributed by atoms with Crippen LogP contribution in [0.25, 0.3) is 0 Å². The van der Waals surface area contributed by atoms with Gasteiger partial charge in [-0.2, -0.15) is 0 Å². The molecular formula is C90H176O17P2. The van der Waals surface area contributed by atoms with E-state index >= 15 is 0 Å². The first-order chi connectivity index (χ1) is 53.0. The zero-order chi connectivity index (χ0) is 79.7. The Hall–Kier alpha value is -1.94. The van der Waals surface area contributed by atoms with E-state index in [1.54, 1.807) is 0 Å². The van der Waals surface area contributed by atoms with E-state index in [0.29, 0.717) is 25.7 Å². The molecule has 0 heterocycles. The fourth-order valence-corrected chi connectivity index (χ4v) is 15.8. The Morgan fingerprint density at radius 3 is 0.624 bits per heavy atom. The second-order valence-corrected chi connectivity index (χ2v) is 35.7. The number of hydrogen-bond donors (Lipinski definition) is 3. The Bertz CT molecular complexity index is 2070. The SMILES string of the molecule is CCCCCCCCCCCCCCCCCCCCCCCC(=O)O[C@H](COC(=O)CCCCCCCCCCCCCCCCCCC(C)C)COP(=O)(O)OC[C@@H](O)COP(=O)(O)OC[C@@H](COC(=O)CCCCCCCCCCCC)OC(=O)CCCCCCCCCCCCCCCCCCCCC. The summed E-state index contributed by atoms with van der Waals surface area (Å²) in [5, 5.41) is 10.7. The van der Waals surface area contributed by atoms with Crippen LogP contribution in [-0.4, -0.2) is 96.7 Å². The third-order valence-electron chi connectivity index (χ3n) is 21.3. The normalized spacial score (nSPS) is 13.7. The van der Waals surface area contributed by atoms with E-state index < -0.39 is 97.5 Å². The Morgan fingerprint density at radius 1 is 0.248 bits per heavy atom. The molecule has 0 amide bonds. The number of phosphoric acid groups is 2. The molecule has 0 rings (SSSR count). The second kappa shape index (κ2) is 82.6. The molecule has 0 aliphatic rings. The number of hydrogen-bond acceptors (Lipinski definition) is 15. The van der Waals surface area contributed by atoms with Crippen molar-refractivity contribution in [2.24, 2.45) is 5.92 Å². The molecule has 109 heavy (non-hydrogen) atoms. The van der Waals surface area contributed by atoms with Crippen LogP contribution in [0, 0.1) is 5.92 Å². The van der Waals surface area contributed by atoms with Crippen molar-refractivity contribution in [3.05, 3.63) is 0 Å². The van der Waals surface area contributed by atoms with Crippen LogP contribution in [0.4, 0.5) is 0 Å². The minimum Gasteiger partial charge on any atom is -0.462 e. The quantitative estimate of drug-likeness (QED) is 0.0222. The van der Waals surface area contributed by atoms with Gasteiger partial charge in [0.2, 0.25) is 0 Å². The van der Waals surface area contributed by atoms with Crippen molar-refractivity contribution >= 4 is 39.5 Å². The van der Waals surface area contributed by atoms with Gasteiger partial charge in [0.1, 0.15) is 19.3 Å². The number of phosphoric ester groups is 2. The number of esters is 4. The van der Waals surface area contributed by atoms with E-state index in [2.05, 4.69) is 34.6 Å². The molecule has 0 aliphatic carbocycles. The lowest BCUT2D eigenvalue weighted by Gasteiger charge is -2.21. The van der Waals surface area contributed by atoms with Gasteiger partial charge in [0.05, 0.1) is 26.4 Å². The lowest BCUT2D eigenvalue weighted by molar-refractivity contribution is -0.161. The molecule has 0 saturated carbocycles. The molecule has 19 heteroatoms. The number of rotatable bonds is 90. The van der Waals surface area contributed by atoms with Crippen LogP contribution >= 0.6 is 15.6 Å². The van der Waals surface area contributed by atoms with Crippen LogP contribution in [0.1, 0.15) is 490 Å². The van der Waals surface area contributed by atoms with Gasteiger partial charge in [-0.1, -0.05) is 439 Å². The van der Waals surface area contributed by atoms with Crippen LogP contribution in [0.5, 0.6) is 0 Å². The zero-order valence-corrected chi connectivity index (χ0v) is 73.5. The fourth-order valence-electron chi connectivity index (χ4n) is 14.2. The average Bonchev–Trinajstić information content (AvgIpc) is 0.899. The number of aliphatic hydroxyl groups excluding tert-OH is 1. The summed E-state index contributed by atoms with van der Waals surface area (Å²) >= 11 is 0. The largest absolute Gasteiger partial charge is 0.472 e. The molecule has 0 aromatic rings. The summed E-state index contributed by atoms with van der Waals surface area (Å²) in [7, 11) is -9.93. The topological polar surface area (TPSA) is 237 Å². The van der Waals surface area contributed by atoms with E-state index in [-0.39, 0.29) is 25.7 Å². The highest BCUT2D eigenvalue weighted by atomic mass is 31.2. The predicted molar refractivity (Wildman–Crippen MR) is 451 cm³/mol. The molecule has 0 bridgehead atoms. The van der Waals surface area contributed by atoms with Crippen molar-refractivity contribution in [2.75, 3.05) is 39.6 Å². The Morgan fingerprint density at radius 2 is 0.422 bits per heavy atom. The highest BCUT2D eigenvalue weighted by Gasteiger charge is 2.31. The van der Waals surface area contributed by atoms with Gasteiger partial charge in [0.25, 0.3) is 0 Å². The van der Waals surface area contributed by atoms with Crippen LogP contribution in [0.15, 0.2) is 0 Å². The van der Waals surface area contributed by atoms with Crippen LogP contribution in [0.3, 0.4) is 0 Å². The fraction of sp³-hybridized carbons (Fsp3) is 0.956. The van der Waals surface area contributed by atoms with Crippen molar-refractivity contribution < 1.29 is 80.2 Å². The average molecular weight is 1590 g/mol. The van der Waals surface area contributed by atoms with Crippen molar-refractivity contribution in [1.82, 2.24) is 0 Å². The van der Waals surface area contributed by atoms with Gasteiger partial charge in [0.15, 0.2) is 12.2 Å². The number of unbranched alkanes of at least 4 members (excludes halogenated alkanes) is 62. The minimum absolute atomic E-state index is 0.109. The van der Waals surface area contributed by atoms with Gasteiger partial charge >= 0.3 is 39.5 Å². The Labute approximate surface area is 670 Å². The molecule has 0 fully saturated rings. The van der Waals surface area contributed by atoms with Gasteiger partial charge in [-0.3, -0.25) is 37.3 Å². The van der Waals surface area contributed by atoms with Gasteiger partial charge in [0, 0.05) is 25.7 Å². The standard InChI is InChI=1S/C90H176O17P2/c1-6-9-12-15-18-21-24-26-28-30-32-33-35-37-43-47-51-56-61-66-71-76-90(95)107-86(80-101-88(93)74-69-64-59-54-49-45-41-39-38-40-44-48-52-57-62-67-72-83(4)5)82-105-109(98,99)103-78-84(91)77-102-108(96,97)104-81-85(79-100-87(92)73-68-63-58-53-23-20-17-14-11-8-3)106-89(94)75-70-65-60-55-50-46-42-36-34-31-29-27-25-22-19-16-13-10-7-2/h83-86,91H,6-82H2,1-5H3,(H,96,97)(H,98,99)/t84-,85+,86+/m0/s1. The number of ether oxygens (including phenoxy) is 4. The summed E-state index contributed by atoms with van der Waals surface area (Å²) in [5.41, 5.74) is 0. The minimum atomic E-state index is -4.97. The molecule has 17 nitrogen and oxygen atoms in total. The predicted octanol–water partition coefficient (Wildman–Crippen LogP) is 27.9. The number of carbonyl (C=O) groups excluding carboxylic acids is 4. The molecule has 0 radical (unpaired) electrons. The van der Waals surface area contributed by atoms with Gasteiger partial charge in [-0.25, -0.2) is 9.13 Å². The molecule has 648 valence electrons. The Balaban J connectivity index is 5.21. The van der Waals surface area contributed by atoms with Crippen molar-refractivity contribution in [3.8, 4) is 0 Å². The molecule has 5 atom stereocenters. The molecule has 3 N–H and O–H groups in total. The summed E-state index contributed by atoms with van der Waals surface area (Å²) in [4.78, 5) is 73.3. The zero-order valence-electron chi connectivity index (χ0n) is 71.7. The highest BCUT2D eigenvalue weighted by Crippen LogP contribution is 2.45. The van der Waals surface area contributed by atoms with Gasteiger partial charge in [-0.05, 0) is 31.6 Å². The first kappa shape index (κ1) is 107. The van der Waals surface area contributed by atoms with Crippen molar-refractivity contribution in [3.63, 3.8) is 0 Å². The van der Waals surface area contributed by atoms with Crippen LogP contribution < -0.4 is 0 Å². The van der Waals surface area contributed by atoms with Crippen LogP contribution in [0.2, 0.25) is 0 Å². The first-order valence-electron chi connectivity index (χ1n) is 46.6. The Kier molecular flexibility index (Phi) is 81.1. The van der Waals surface area contributed by atoms with E-state index in [4.69, 9.17) is 37.0 Å². The maximum Gasteiger partial charge on any atom is 0.472 e. The molecule has 0 aliphatic heterocycles. The smallest absolute Gasteiger partial charge is 0.462 e. The molecule has 0 spiro atoms. The monoisotopic (exact) mass is 1590 g/mol. The summed E-state index contributed by atoms with van der Waals surface area (Å²) < 4.78 is 69.0. The summed E-state index contributed by atoms with van der Waals surface area (Å²) in [6.45, 7) is 7.41. The van der Waals surface area contributed by atoms with E-state index in [9.17, 15) is 43.2 Å². The lowest BCUT2D eigenvalue weighted by atomic mass is 10.0. The van der Waals surface area contributed by atoms with E-state index in [0.717, 1.165) is 95.8 Å². The second-order valence-electron chi connectivity index (χ2n) is 32.8. The van der Waals surface area contributed by atoms with E-state index in [1.807, 2.05) is 0 Å². The third kappa shape index (κ3) is 83.8. The first-order valence-corrected chi connectivity index (χ1v) is 49.6. The third-order valence-corrected chi connectivity index (χ3v) is 23.2. The van der Waals surface area contributed by atoms with Gasteiger partial charge in [-0.15, -0.1) is 0 Å². The van der Waals surface area contributed by atoms with E-state index in [1.165, 1.54) is 315 Å².